The lowest BCUT2D eigenvalue weighted by Crippen LogP contribution is -2.12. The van der Waals surface area contributed by atoms with Crippen molar-refractivity contribution in [1.29, 1.82) is 0 Å². The van der Waals surface area contributed by atoms with Gasteiger partial charge in [0.15, 0.2) is 5.58 Å². The molecule has 0 aliphatic heterocycles. The SMILES string of the molecule is Cc1oc2c(ccc3oc4c(-c5cc(C(C)(C)C)c6ccccc6c5)nccc4c32)c1C. The van der Waals surface area contributed by atoms with Gasteiger partial charge in [-0.15, -0.1) is 0 Å². The van der Waals surface area contributed by atoms with Gasteiger partial charge < -0.3 is 8.83 Å². The monoisotopic (exact) mass is 419 g/mol. The topological polar surface area (TPSA) is 39.2 Å². The summed E-state index contributed by atoms with van der Waals surface area (Å²) in [5.41, 5.74) is 6.94. The Labute approximate surface area is 186 Å². The number of benzene rings is 3. The molecule has 0 spiro atoms. The lowest BCUT2D eigenvalue weighted by atomic mass is 9.82. The van der Waals surface area contributed by atoms with Crippen LogP contribution in [0, 0.1) is 13.8 Å². The Morgan fingerprint density at radius 2 is 1.59 bits per heavy atom. The van der Waals surface area contributed by atoms with Crippen LogP contribution >= 0.6 is 0 Å². The summed E-state index contributed by atoms with van der Waals surface area (Å²) in [6.07, 6.45) is 1.88. The molecule has 0 aliphatic rings. The van der Waals surface area contributed by atoms with Crippen molar-refractivity contribution in [3.8, 4) is 11.3 Å². The fourth-order valence-electron chi connectivity index (χ4n) is 4.86. The summed E-state index contributed by atoms with van der Waals surface area (Å²) in [4.78, 5) is 4.78. The number of rotatable bonds is 1. The molecule has 0 unspecified atom stereocenters. The molecule has 32 heavy (non-hydrogen) atoms. The molecule has 3 aromatic carbocycles. The summed E-state index contributed by atoms with van der Waals surface area (Å²) in [7, 11) is 0. The fourth-order valence-corrected chi connectivity index (χ4v) is 4.86. The zero-order valence-corrected chi connectivity index (χ0v) is 19.0. The van der Waals surface area contributed by atoms with Crippen molar-refractivity contribution in [3.05, 3.63) is 77.7 Å². The van der Waals surface area contributed by atoms with E-state index in [2.05, 4.69) is 70.2 Å². The number of aromatic nitrogens is 1. The van der Waals surface area contributed by atoms with E-state index < -0.39 is 0 Å². The van der Waals surface area contributed by atoms with Crippen LogP contribution in [0.25, 0.3) is 54.9 Å². The first kappa shape index (κ1) is 19.1. The van der Waals surface area contributed by atoms with Crippen LogP contribution in [0.2, 0.25) is 0 Å². The lowest BCUT2D eigenvalue weighted by Gasteiger charge is -2.22. The van der Waals surface area contributed by atoms with Crippen LogP contribution in [0.3, 0.4) is 0 Å². The quantitative estimate of drug-likeness (QED) is 0.268. The predicted molar refractivity (Wildman–Crippen MR) is 132 cm³/mol. The minimum Gasteiger partial charge on any atom is -0.460 e. The van der Waals surface area contributed by atoms with Crippen molar-refractivity contribution in [2.75, 3.05) is 0 Å². The van der Waals surface area contributed by atoms with Crippen LogP contribution in [0.4, 0.5) is 0 Å². The zero-order chi connectivity index (χ0) is 22.2. The van der Waals surface area contributed by atoms with Crippen LogP contribution in [-0.4, -0.2) is 4.98 Å². The first-order chi connectivity index (χ1) is 15.3. The molecule has 0 amide bonds. The summed E-state index contributed by atoms with van der Waals surface area (Å²) < 4.78 is 12.6. The van der Waals surface area contributed by atoms with Crippen molar-refractivity contribution in [3.63, 3.8) is 0 Å². The summed E-state index contributed by atoms with van der Waals surface area (Å²) in [5.74, 6) is 0.945. The van der Waals surface area contributed by atoms with Crippen LogP contribution in [0.15, 0.2) is 69.6 Å². The van der Waals surface area contributed by atoms with Gasteiger partial charge in [0.05, 0.1) is 5.39 Å². The highest BCUT2D eigenvalue weighted by atomic mass is 16.3. The smallest absolute Gasteiger partial charge is 0.161 e. The molecule has 0 fully saturated rings. The van der Waals surface area contributed by atoms with Gasteiger partial charge in [-0.3, -0.25) is 4.98 Å². The third-order valence-electron chi connectivity index (χ3n) is 6.64. The van der Waals surface area contributed by atoms with Crippen molar-refractivity contribution in [2.45, 2.75) is 40.0 Å². The van der Waals surface area contributed by atoms with E-state index in [1.807, 2.05) is 25.3 Å². The number of aryl methyl sites for hydroxylation is 2. The third kappa shape index (κ3) is 2.64. The highest BCUT2D eigenvalue weighted by Crippen LogP contribution is 2.41. The minimum absolute atomic E-state index is 0.00672. The molecule has 0 atom stereocenters. The number of hydrogen-bond acceptors (Lipinski definition) is 3. The second-order valence-electron chi connectivity index (χ2n) is 9.73. The molecule has 0 aliphatic carbocycles. The molecule has 0 radical (unpaired) electrons. The Morgan fingerprint density at radius 1 is 0.781 bits per heavy atom. The molecule has 158 valence electrons. The van der Waals surface area contributed by atoms with Gasteiger partial charge in [-0.2, -0.15) is 0 Å². The molecule has 3 heteroatoms. The largest absolute Gasteiger partial charge is 0.460 e. The van der Waals surface area contributed by atoms with Gasteiger partial charge >= 0.3 is 0 Å². The summed E-state index contributed by atoms with van der Waals surface area (Å²) in [5, 5.41) is 5.69. The number of pyridine rings is 1. The zero-order valence-electron chi connectivity index (χ0n) is 19.0. The molecule has 6 rings (SSSR count). The van der Waals surface area contributed by atoms with E-state index in [0.29, 0.717) is 0 Å². The average Bonchev–Trinajstić information content (AvgIpc) is 3.29. The minimum atomic E-state index is 0.00672. The van der Waals surface area contributed by atoms with E-state index in [0.717, 1.165) is 49.9 Å². The highest BCUT2D eigenvalue weighted by molar-refractivity contribution is 6.19. The van der Waals surface area contributed by atoms with Gasteiger partial charge in [-0.25, -0.2) is 0 Å². The molecule has 0 N–H and O–H groups in total. The number of hydrogen-bond donors (Lipinski definition) is 0. The number of furan rings is 2. The Morgan fingerprint density at radius 3 is 2.41 bits per heavy atom. The van der Waals surface area contributed by atoms with Crippen LogP contribution in [-0.2, 0) is 5.41 Å². The van der Waals surface area contributed by atoms with Crippen molar-refractivity contribution in [1.82, 2.24) is 4.98 Å². The second kappa shape index (κ2) is 6.46. The molecule has 0 saturated heterocycles. The van der Waals surface area contributed by atoms with E-state index >= 15 is 0 Å². The fraction of sp³-hybridized carbons (Fsp3) is 0.207. The predicted octanol–water partition coefficient (Wildman–Crippen LogP) is 8.46. The van der Waals surface area contributed by atoms with E-state index in [4.69, 9.17) is 13.8 Å². The van der Waals surface area contributed by atoms with Crippen molar-refractivity contribution >= 4 is 43.7 Å². The maximum atomic E-state index is 6.41. The lowest BCUT2D eigenvalue weighted by molar-refractivity contribution is 0.577. The molecule has 6 aromatic rings. The van der Waals surface area contributed by atoms with E-state index in [9.17, 15) is 0 Å². The molecule has 3 heterocycles. The summed E-state index contributed by atoms with van der Waals surface area (Å²) in [6.45, 7) is 10.9. The van der Waals surface area contributed by atoms with E-state index in [1.165, 1.54) is 21.9 Å². The first-order valence-electron chi connectivity index (χ1n) is 11.1. The van der Waals surface area contributed by atoms with Gasteiger partial charge in [0.2, 0.25) is 0 Å². The molecule has 3 nitrogen and oxygen atoms in total. The van der Waals surface area contributed by atoms with Gasteiger partial charge in [0.1, 0.15) is 22.6 Å². The van der Waals surface area contributed by atoms with Crippen molar-refractivity contribution < 1.29 is 8.83 Å². The molecule has 3 aromatic heterocycles. The highest BCUT2D eigenvalue weighted by Gasteiger charge is 2.22. The summed E-state index contributed by atoms with van der Waals surface area (Å²) in [6, 6.07) is 19.2. The molecular formula is C29H25NO2. The Hall–Kier alpha value is -3.59. The van der Waals surface area contributed by atoms with Gasteiger partial charge in [-0.1, -0.05) is 45.0 Å². The third-order valence-corrected chi connectivity index (χ3v) is 6.64. The molecule has 0 saturated carbocycles. The normalized spacial score (nSPS) is 12.5. The molecular weight excluding hydrogens is 394 g/mol. The standard InChI is InChI=1S/C29H25NO2/c1-16-17(2)31-27-20(16)10-11-24-25(27)22-12-13-30-26(28(22)32-24)19-14-18-8-6-7-9-21(18)23(15-19)29(3,4)5/h6-15H,1-5H3. The Bertz CT molecular complexity index is 1680. The average molecular weight is 420 g/mol. The Kier molecular flexibility index (Phi) is 3.86. The number of fused-ring (bicyclic) bond motifs is 6. The van der Waals surface area contributed by atoms with E-state index in [-0.39, 0.29) is 5.41 Å². The van der Waals surface area contributed by atoms with Gasteiger partial charge in [0, 0.05) is 22.5 Å². The summed E-state index contributed by atoms with van der Waals surface area (Å²) >= 11 is 0. The van der Waals surface area contributed by atoms with Crippen LogP contribution < -0.4 is 0 Å². The first-order valence-corrected chi connectivity index (χ1v) is 11.1. The Balaban J connectivity index is 1.71. The molecule has 0 bridgehead atoms. The van der Waals surface area contributed by atoms with Crippen LogP contribution in [0.1, 0.15) is 37.7 Å². The van der Waals surface area contributed by atoms with Crippen molar-refractivity contribution in [2.24, 2.45) is 0 Å². The van der Waals surface area contributed by atoms with Gasteiger partial charge in [-0.05, 0) is 71.5 Å². The maximum Gasteiger partial charge on any atom is 0.161 e. The van der Waals surface area contributed by atoms with E-state index in [1.54, 1.807) is 0 Å². The maximum absolute atomic E-state index is 6.41. The van der Waals surface area contributed by atoms with Crippen LogP contribution in [0.5, 0.6) is 0 Å². The van der Waals surface area contributed by atoms with Gasteiger partial charge in [0.25, 0.3) is 0 Å². The number of nitrogens with zero attached hydrogens (tertiary/aromatic N) is 1. The second-order valence-corrected chi connectivity index (χ2v) is 9.73.